The predicted octanol–water partition coefficient (Wildman–Crippen LogP) is 12.8. The van der Waals surface area contributed by atoms with Gasteiger partial charge < -0.3 is 77.9 Å². The van der Waals surface area contributed by atoms with Crippen LogP contribution in [0.1, 0.15) is 171 Å². The lowest BCUT2D eigenvalue weighted by molar-refractivity contribution is -0.190. The molecule has 56 heteroatoms. The summed E-state index contributed by atoms with van der Waals surface area (Å²) in [5, 5.41) is 29.6. The number of aliphatic hydroxyl groups excluding tert-OH is 1. The van der Waals surface area contributed by atoms with Crippen molar-refractivity contribution >= 4 is 194 Å². The lowest BCUT2D eigenvalue weighted by Gasteiger charge is -2.31. The standard InChI is InChI=1S/C35H45ClFN5O9.C27H37ClFN5O9.C21H21ClFN5O7.C8H9BrO2S.2O2S/c1-11-47-29(44)35(21(4)43,16-22-14-12-19(2)13-15-22)48-17-23-20(3)24(37)28(49-23)41-18-38-25-26(41)39-30(36)40-27(25)42(31(45)50-33(5,6)7)32(46)51-34(8,9)10;1-10-39-22(36)18(14(3)35)40-11-15-13(2)16(29)21(41-15)33-12-30-17-19(33)31-23(28)32-20(17)34(24(37)42-26(4,5)6)25(38)43-27(7,8)9;1-9-2-4-10(5-3-9)6-21(18(30)31,19(32)33)34-7-11-14(29)12(23)17(35-11)28-8-25-13-15(24)26-20(22)27-16(13)28;1-12(10,11)8-4-2-7(6-9)3-5-8;2*1-3-2/h12-15,18,20,23-24,28H,11,16-17H2,1-10H3;12-13,15-16,18,21H,10-11H2,1-9H3;2-5,8,11-12,14,17,29H,6-7H2,1H3,(H,30,31)(H,32,33)(H2,24,26,27);2-5H,6H2,1H3;;/t20-,23-,24+,28-,35?;13-,15-,16+,18?,21-;11-,12+,14-,17-;;;/m111.../s1. The minimum absolute atomic E-state index is 0.00940. The number of anilines is 3. The maximum atomic E-state index is 16.1. The number of imide groups is 2. The quantitative estimate of drug-likeness (QED) is 0.0116. The summed E-state index contributed by atoms with van der Waals surface area (Å²) in [5.74, 6) is -8.70. The van der Waals surface area contributed by atoms with E-state index in [1.807, 2.05) is 26.0 Å². The molecule has 46 nitrogen and oxygen atoms in total. The summed E-state index contributed by atoms with van der Waals surface area (Å²) in [5.41, 5.74) is 0.937. The van der Waals surface area contributed by atoms with Crippen LogP contribution in [-0.4, -0.2) is 281 Å². The number of hydrogen-bond acceptors (Lipinski definition) is 39. The number of halogens is 7. The average Bonchev–Trinajstić information content (AvgIpc) is 1.60. The van der Waals surface area contributed by atoms with Gasteiger partial charge in [0.15, 0.2) is 104 Å². The number of fused-ring (bicyclic) bond motifs is 3. The van der Waals surface area contributed by atoms with Gasteiger partial charge >= 0.3 is 71.4 Å². The third-order valence-corrected chi connectivity index (χ3v) is 23.5. The molecular formula is C91H112BrCl3F3N15O31S3. The number of nitrogen functional groups attached to an aromatic ring is 1. The van der Waals surface area contributed by atoms with Crippen molar-refractivity contribution in [2.45, 2.75) is 263 Å². The van der Waals surface area contributed by atoms with E-state index >= 15 is 13.2 Å². The van der Waals surface area contributed by atoms with Crippen molar-refractivity contribution < 1.29 is 159 Å². The Balaban J connectivity index is 0.000000278. The van der Waals surface area contributed by atoms with E-state index in [1.165, 1.54) is 48.2 Å². The van der Waals surface area contributed by atoms with Crippen LogP contribution in [0.3, 0.4) is 0 Å². The molecule has 9 aromatic rings. The number of aromatic nitrogens is 12. The molecule has 3 saturated heterocycles. The van der Waals surface area contributed by atoms with Crippen molar-refractivity contribution in [1.82, 2.24) is 58.6 Å². The number of aliphatic carboxylic acids is 2. The fourth-order valence-electron chi connectivity index (χ4n) is 14.1. The zero-order valence-corrected chi connectivity index (χ0v) is 89.6. The molecule has 804 valence electrons. The van der Waals surface area contributed by atoms with Crippen molar-refractivity contribution in [2.24, 2.45) is 11.8 Å². The molecule has 9 heterocycles. The van der Waals surface area contributed by atoms with Crippen molar-refractivity contribution in [2.75, 3.05) is 54.8 Å². The highest BCUT2D eigenvalue weighted by atomic mass is 79.9. The minimum atomic E-state index is -3.04. The molecule has 4 amide bonds. The molecule has 0 bridgehead atoms. The molecule has 0 aliphatic carbocycles. The molecule has 147 heavy (non-hydrogen) atoms. The van der Waals surface area contributed by atoms with Crippen LogP contribution in [0.15, 0.2) is 96.7 Å². The minimum Gasteiger partial charge on any atom is -0.479 e. The summed E-state index contributed by atoms with van der Waals surface area (Å²) in [6.45, 7) is 30.6. The van der Waals surface area contributed by atoms with Gasteiger partial charge in [-0.1, -0.05) is 102 Å². The number of alkyl halides is 4. The van der Waals surface area contributed by atoms with Gasteiger partial charge in [-0.15, -0.1) is 0 Å². The largest absolute Gasteiger partial charge is 0.479 e. The number of carboxylic acid groups (broad SMARTS) is 2. The monoisotopic (exact) mass is 2250 g/mol. The van der Waals surface area contributed by atoms with Crippen LogP contribution >= 0.6 is 50.7 Å². The molecule has 2 unspecified atom stereocenters. The highest BCUT2D eigenvalue weighted by molar-refractivity contribution is 9.08. The number of imidazole rings is 3. The first-order valence-electron chi connectivity index (χ1n) is 44.5. The van der Waals surface area contributed by atoms with Gasteiger partial charge in [-0.25, -0.2) is 74.9 Å². The number of hydrogen-bond donors (Lipinski definition) is 4. The molecule has 3 fully saturated rings. The molecule has 0 saturated carbocycles. The maximum absolute atomic E-state index is 16.1. The number of aryl methyl sites for hydroxylation is 2. The van der Waals surface area contributed by atoms with Gasteiger partial charge in [-0.2, -0.15) is 56.5 Å². The molecule has 0 spiro atoms. The summed E-state index contributed by atoms with van der Waals surface area (Å²) in [6, 6.07) is 20.7. The number of ketones is 2. The summed E-state index contributed by atoms with van der Waals surface area (Å²) >= 11 is 20.1. The SMILES string of the molecule is CCOC(=O)C(Cc1ccc(C)cc1)(OC[C@H]1O[C@@H](n2cnc3c(N(C(=O)OC(C)(C)C)C(=O)OC(C)(C)C)nc(Cl)nc32)[C@@H](F)[C@@H]1C)C(C)=O.CCOC(=O)C(OC[C@H]1O[C@@H](n2cnc3c(N(C(=O)OC(C)(C)C)C(=O)OC(C)(C)C)nc(Cl)nc32)[C@@H](F)[C@@H]1C)C(C)=O.CS(=O)(=O)c1ccc(CBr)cc1.Cc1ccc(CC(OC[C@H]2O[C@@H](n3cnc4c(N)nc(Cl)nc43)[C@@H](F)[C@@H]2O)(C(=O)O)C(=O)O)cc1.O=S=O.O=S=O. The van der Waals surface area contributed by atoms with E-state index in [0.717, 1.165) is 26.6 Å². The number of carbonyl (C=O) groups excluding carboxylic acids is 8. The van der Waals surface area contributed by atoms with Crippen LogP contribution < -0.4 is 15.5 Å². The number of sulfone groups is 1. The number of nitrogens with two attached hydrogens (primary N) is 1. The molecule has 5 N–H and O–H groups in total. The van der Waals surface area contributed by atoms with Crippen LogP contribution in [0.5, 0.6) is 0 Å². The van der Waals surface area contributed by atoms with E-state index in [-0.39, 0.29) is 94.4 Å². The summed E-state index contributed by atoms with van der Waals surface area (Å²) < 4.78 is 172. The number of carbonyl (C=O) groups is 10. The number of esters is 2. The van der Waals surface area contributed by atoms with Gasteiger partial charge in [0.1, 0.15) is 40.1 Å². The van der Waals surface area contributed by atoms with Crippen molar-refractivity contribution in [3.05, 3.63) is 135 Å². The smallest absolute Gasteiger partial charge is 0.425 e. The number of nitrogens with zero attached hydrogens (tertiary/aromatic N) is 14. The Morgan fingerprint density at radius 2 is 0.844 bits per heavy atom. The summed E-state index contributed by atoms with van der Waals surface area (Å²) in [6.07, 6.45) is -16.2. The molecular weight excluding hydrogens is 2140 g/mol. The third-order valence-electron chi connectivity index (χ3n) is 21.2. The van der Waals surface area contributed by atoms with E-state index in [0.29, 0.717) is 25.8 Å². The van der Waals surface area contributed by atoms with Gasteiger partial charge in [0.2, 0.25) is 27.6 Å². The Morgan fingerprint density at radius 1 is 0.510 bits per heavy atom. The number of Topliss-reactive ketones (excluding diaryl/α,β-unsaturated/α-hetero) is 2. The number of ether oxygens (including phenoxy) is 12. The molecule has 3 aliphatic rings. The number of carboxylic acids is 2. The van der Waals surface area contributed by atoms with Gasteiger partial charge in [0.05, 0.1) is 69.1 Å². The Hall–Kier alpha value is -11.7. The molecule has 14 atom stereocenters. The van der Waals surface area contributed by atoms with Crippen molar-refractivity contribution in [3.8, 4) is 0 Å². The molecule has 0 radical (unpaired) electrons. The predicted molar refractivity (Wildman–Crippen MR) is 523 cm³/mol. The zero-order chi connectivity index (χ0) is 111. The summed E-state index contributed by atoms with van der Waals surface area (Å²) in [7, 11) is -3.04. The maximum Gasteiger partial charge on any atom is 0.425 e. The first-order chi connectivity index (χ1) is 68.4. The van der Waals surface area contributed by atoms with Crippen molar-refractivity contribution in [1.29, 1.82) is 0 Å². The van der Waals surface area contributed by atoms with Crippen LogP contribution in [0, 0.1) is 25.7 Å². The first-order valence-corrected chi connectivity index (χ1v) is 50.0. The molecule has 3 aromatic carbocycles. The zero-order valence-electron chi connectivity index (χ0n) is 83.3. The van der Waals surface area contributed by atoms with Crippen LogP contribution in [0.2, 0.25) is 15.9 Å². The Labute approximate surface area is 871 Å². The highest BCUT2D eigenvalue weighted by Crippen LogP contribution is 2.44. The van der Waals surface area contributed by atoms with E-state index in [1.54, 1.807) is 171 Å². The van der Waals surface area contributed by atoms with E-state index in [9.17, 15) is 71.7 Å². The second kappa shape index (κ2) is 51.9. The molecule has 12 rings (SSSR count). The topological polar surface area (TPSA) is 608 Å². The molecule has 3 aliphatic heterocycles. The fraction of sp³-hybridized carbons (Fsp3) is 0.527. The van der Waals surface area contributed by atoms with Gasteiger partial charge in [-0.3, -0.25) is 23.3 Å². The Kier molecular flexibility index (Phi) is 43.2. The Morgan fingerprint density at radius 3 is 1.20 bits per heavy atom. The lowest BCUT2D eigenvalue weighted by Crippen LogP contribution is -2.52. The normalized spacial score (nSPS) is 19.8. The van der Waals surface area contributed by atoms with E-state index < -0.39 is 224 Å². The van der Waals surface area contributed by atoms with Crippen molar-refractivity contribution in [3.63, 3.8) is 0 Å². The number of aliphatic hydroxyl groups is 1. The van der Waals surface area contributed by atoms with Crippen LogP contribution in [-0.2, 0) is 137 Å². The van der Waals surface area contributed by atoms with E-state index in [2.05, 4.69) is 60.8 Å². The van der Waals surface area contributed by atoms with Crippen LogP contribution in [0.25, 0.3) is 33.5 Å². The number of rotatable bonds is 28. The fourth-order valence-corrected chi connectivity index (χ4v) is 15.6. The van der Waals surface area contributed by atoms with Gasteiger partial charge in [0.25, 0.3) is 5.60 Å². The van der Waals surface area contributed by atoms with Gasteiger partial charge in [-0.05, 0) is 188 Å². The Bertz CT molecular complexity index is 6330. The second-order valence-corrected chi connectivity index (χ2v) is 40.9. The first kappa shape index (κ1) is 122. The van der Waals surface area contributed by atoms with Crippen LogP contribution in [0.4, 0.5) is 49.8 Å². The number of benzene rings is 3. The summed E-state index contributed by atoms with van der Waals surface area (Å²) in [4.78, 5) is 166. The molecule has 6 aromatic heterocycles. The second-order valence-electron chi connectivity index (χ2n) is 37.1. The average molecular weight is 2250 g/mol. The highest BCUT2D eigenvalue weighted by Gasteiger charge is 2.55. The lowest BCUT2D eigenvalue weighted by atomic mass is 9.90. The number of amides is 4. The van der Waals surface area contributed by atoms with E-state index in [4.69, 9.17) is 114 Å². The third kappa shape index (κ3) is 32.2. The van der Waals surface area contributed by atoms with Gasteiger partial charge in [0, 0.05) is 36.3 Å².